The van der Waals surface area contributed by atoms with E-state index in [2.05, 4.69) is 144 Å². The highest BCUT2D eigenvalue weighted by Gasteiger charge is 2.24. The molecule has 0 saturated heterocycles. The van der Waals surface area contributed by atoms with E-state index in [9.17, 15) is 5.41 Å². The summed E-state index contributed by atoms with van der Waals surface area (Å²) in [5.74, 6) is 0. The molecule has 0 heterocycles. The lowest BCUT2D eigenvalue weighted by atomic mass is 9.83. The van der Waals surface area contributed by atoms with Crippen molar-refractivity contribution < 1.29 is 0 Å². The van der Waals surface area contributed by atoms with Crippen molar-refractivity contribution in [3.8, 4) is 22.3 Å². The largest absolute Gasteiger partial charge is 0.299 e. The molecule has 1 aliphatic carbocycles. The van der Waals surface area contributed by atoms with E-state index in [1.54, 1.807) is 18.5 Å². The van der Waals surface area contributed by atoms with Crippen molar-refractivity contribution in [2.45, 2.75) is 0 Å². The first-order valence-corrected chi connectivity index (χ1v) is 17.6. The monoisotopic (exact) mass is 680 g/mol. The first-order chi connectivity index (χ1) is 26.1. The Bertz CT molecular complexity index is 2660. The van der Waals surface area contributed by atoms with Crippen molar-refractivity contribution >= 4 is 62.1 Å². The van der Waals surface area contributed by atoms with Crippen LogP contribution in [0.1, 0.15) is 16.7 Å². The number of benzene rings is 7. The van der Waals surface area contributed by atoms with Gasteiger partial charge in [0.2, 0.25) is 0 Å². The molecule has 0 spiro atoms. The Hall–Kier alpha value is -7.17. The van der Waals surface area contributed by atoms with Crippen molar-refractivity contribution in [2.24, 2.45) is 10.1 Å². The Labute approximate surface area is 309 Å². The Kier molecular flexibility index (Phi) is 9.33. The molecular formula is C49H36N4. The maximum Gasteiger partial charge on any atom is 0.116 e. The van der Waals surface area contributed by atoms with Crippen molar-refractivity contribution in [3.05, 3.63) is 205 Å². The minimum Gasteiger partial charge on any atom is -0.299 e. The molecule has 0 bridgehead atoms. The topological polar surface area (TPSA) is 60.6 Å². The van der Waals surface area contributed by atoms with Crippen LogP contribution in [0.3, 0.4) is 0 Å². The fourth-order valence-corrected chi connectivity index (χ4v) is 6.87. The molecule has 0 amide bonds. The average Bonchev–Trinajstić information content (AvgIpc) is 3.21. The highest BCUT2D eigenvalue weighted by Crippen LogP contribution is 2.39. The molecular weight excluding hydrogens is 645 g/mol. The number of nitrogens with zero attached hydrogens (tertiary/aromatic N) is 2. The van der Waals surface area contributed by atoms with Gasteiger partial charge in [0.05, 0.1) is 11.4 Å². The quantitative estimate of drug-likeness (QED) is 0.0890. The summed E-state index contributed by atoms with van der Waals surface area (Å²) in [6.45, 7) is 3.68. The van der Waals surface area contributed by atoms with E-state index in [-0.39, 0.29) is 0 Å². The molecule has 4 nitrogen and oxygen atoms in total. The number of hydrogen-bond donors (Lipinski definition) is 2. The Balaban J connectivity index is 1.31. The molecule has 2 N–H and O–H groups in total. The Morgan fingerprint density at radius 2 is 1.17 bits per heavy atom. The van der Waals surface area contributed by atoms with Crippen molar-refractivity contribution in [1.29, 1.82) is 5.41 Å². The number of hydrazone groups is 1. The standard InChI is InChI=1S/C49H36N4/c1-2-25-51-26-24-34-14-13-21-42(27-34)52-53-49-47(46-31-40(36-17-7-4-8-18-36)29-38-20-10-12-23-44(38)46)32-41(33-48(49)50)45-30-39(35-15-5-3-6-16-35)28-37-19-9-11-22-43(37)45/h2-33,50,52H,1H2/b26-24+,50-48?,51-25-,53-49-. The fraction of sp³-hybridized carbons (Fsp3) is 0. The molecule has 8 rings (SSSR count). The van der Waals surface area contributed by atoms with Gasteiger partial charge in [-0.25, -0.2) is 0 Å². The van der Waals surface area contributed by atoms with Gasteiger partial charge in [0.1, 0.15) is 5.71 Å². The van der Waals surface area contributed by atoms with Gasteiger partial charge in [-0.3, -0.25) is 15.8 Å². The van der Waals surface area contributed by atoms with Crippen LogP contribution in [0, 0.1) is 5.41 Å². The minimum atomic E-state index is 0.322. The number of aliphatic imine (C=N–C) groups is 1. The van der Waals surface area contributed by atoms with E-state index in [1.165, 1.54) is 0 Å². The highest BCUT2D eigenvalue weighted by molar-refractivity contribution is 6.63. The Morgan fingerprint density at radius 3 is 1.83 bits per heavy atom. The van der Waals surface area contributed by atoms with Crippen LogP contribution in [-0.2, 0) is 0 Å². The summed E-state index contributed by atoms with van der Waals surface area (Å²) < 4.78 is 0. The number of allylic oxidation sites excluding steroid dienone is 5. The summed E-state index contributed by atoms with van der Waals surface area (Å²) >= 11 is 0. The third-order valence-corrected chi connectivity index (χ3v) is 9.38. The van der Waals surface area contributed by atoms with Gasteiger partial charge in [-0.2, -0.15) is 5.10 Å². The van der Waals surface area contributed by atoms with E-state index in [0.717, 1.165) is 77.3 Å². The molecule has 7 aromatic rings. The lowest BCUT2D eigenvalue weighted by molar-refractivity contribution is 1.34. The smallest absolute Gasteiger partial charge is 0.116 e. The second kappa shape index (κ2) is 15.0. The van der Waals surface area contributed by atoms with Gasteiger partial charge in [-0.15, -0.1) is 0 Å². The molecule has 1 aliphatic rings. The van der Waals surface area contributed by atoms with Gasteiger partial charge in [-0.1, -0.05) is 134 Å². The summed E-state index contributed by atoms with van der Waals surface area (Å²) in [4.78, 5) is 4.20. The summed E-state index contributed by atoms with van der Waals surface area (Å²) in [5.41, 5.74) is 14.4. The van der Waals surface area contributed by atoms with E-state index < -0.39 is 0 Å². The first-order valence-electron chi connectivity index (χ1n) is 17.6. The van der Waals surface area contributed by atoms with Crippen LogP contribution in [0.5, 0.6) is 0 Å². The molecule has 0 aromatic heterocycles. The van der Waals surface area contributed by atoms with Crippen LogP contribution in [0.4, 0.5) is 5.69 Å². The molecule has 0 saturated carbocycles. The molecule has 0 aliphatic heterocycles. The van der Waals surface area contributed by atoms with Crippen LogP contribution >= 0.6 is 0 Å². The minimum absolute atomic E-state index is 0.322. The van der Waals surface area contributed by atoms with E-state index in [1.807, 2.05) is 48.6 Å². The van der Waals surface area contributed by atoms with E-state index >= 15 is 0 Å². The lowest BCUT2D eigenvalue weighted by Crippen LogP contribution is -2.19. The average molecular weight is 681 g/mol. The van der Waals surface area contributed by atoms with Gasteiger partial charge < -0.3 is 0 Å². The van der Waals surface area contributed by atoms with Crippen LogP contribution in [-0.4, -0.2) is 17.6 Å². The fourth-order valence-electron chi connectivity index (χ4n) is 6.87. The van der Waals surface area contributed by atoms with Crippen LogP contribution in [0.25, 0.3) is 61.0 Å². The molecule has 0 atom stereocenters. The van der Waals surface area contributed by atoms with Gasteiger partial charge >= 0.3 is 0 Å². The Morgan fingerprint density at radius 1 is 0.566 bits per heavy atom. The normalized spacial score (nSPS) is 13.9. The van der Waals surface area contributed by atoms with Crippen LogP contribution in [0.2, 0.25) is 0 Å². The molecule has 53 heavy (non-hydrogen) atoms. The van der Waals surface area contributed by atoms with E-state index in [4.69, 9.17) is 5.10 Å². The summed E-state index contributed by atoms with van der Waals surface area (Å²) in [6, 6.07) is 54.8. The third kappa shape index (κ3) is 7.07. The summed E-state index contributed by atoms with van der Waals surface area (Å²) in [7, 11) is 0. The molecule has 0 radical (unpaired) electrons. The van der Waals surface area contributed by atoms with Crippen LogP contribution in [0.15, 0.2) is 199 Å². The molecule has 0 unspecified atom stereocenters. The molecule has 7 aromatic carbocycles. The van der Waals surface area contributed by atoms with Crippen molar-refractivity contribution in [1.82, 2.24) is 0 Å². The van der Waals surface area contributed by atoms with Gasteiger partial charge in [-0.05, 0) is 121 Å². The van der Waals surface area contributed by atoms with Crippen molar-refractivity contribution in [3.63, 3.8) is 0 Å². The van der Waals surface area contributed by atoms with Gasteiger partial charge in [0.15, 0.2) is 0 Å². The highest BCUT2D eigenvalue weighted by atomic mass is 15.3. The predicted molar refractivity (Wildman–Crippen MR) is 228 cm³/mol. The molecule has 0 fully saturated rings. The number of hydrogen-bond acceptors (Lipinski definition) is 4. The lowest BCUT2D eigenvalue weighted by Gasteiger charge is -2.22. The summed E-state index contributed by atoms with van der Waals surface area (Å²) in [6.07, 6.45) is 11.1. The number of fused-ring (bicyclic) bond motifs is 2. The van der Waals surface area contributed by atoms with Gasteiger partial charge in [0.25, 0.3) is 0 Å². The van der Waals surface area contributed by atoms with Crippen molar-refractivity contribution in [2.75, 3.05) is 5.43 Å². The number of nitrogens with one attached hydrogen (secondary N) is 2. The maximum atomic E-state index is 9.57. The number of anilines is 1. The molecule has 252 valence electrons. The second-order valence-electron chi connectivity index (χ2n) is 12.8. The predicted octanol–water partition coefficient (Wildman–Crippen LogP) is 12.5. The third-order valence-electron chi connectivity index (χ3n) is 9.38. The zero-order chi connectivity index (χ0) is 36.0. The second-order valence-corrected chi connectivity index (χ2v) is 12.8. The first kappa shape index (κ1) is 33.0. The van der Waals surface area contributed by atoms with Crippen LogP contribution < -0.4 is 5.43 Å². The van der Waals surface area contributed by atoms with E-state index in [0.29, 0.717) is 11.4 Å². The zero-order valence-electron chi connectivity index (χ0n) is 29.1. The summed E-state index contributed by atoms with van der Waals surface area (Å²) in [5, 5.41) is 19.0. The zero-order valence-corrected chi connectivity index (χ0v) is 29.1. The number of rotatable bonds is 9. The van der Waals surface area contributed by atoms with Gasteiger partial charge in [0, 0.05) is 18.0 Å². The SMILES string of the molecule is C=C/C=N\C=C\c1cccc(N/N=C2\C(=N)C=C(c3cc(-c4ccccc4)cc4ccccc34)C=C2c2cc(-c3ccccc3)cc3ccccc23)c1. The molecule has 4 heteroatoms. The maximum absolute atomic E-state index is 9.57.